The molecule has 0 amide bonds. The van der Waals surface area contributed by atoms with Crippen LogP contribution >= 0.6 is 11.6 Å². The van der Waals surface area contributed by atoms with Crippen LogP contribution in [0.5, 0.6) is 0 Å². The van der Waals surface area contributed by atoms with Gasteiger partial charge in [-0.1, -0.05) is 38.4 Å². The summed E-state index contributed by atoms with van der Waals surface area (Å²) in [6.07, 6.45) is 0.876. The summed E-state index contributed by atoms with van der Waals surface area (Å²) >= 11 is 6.14. The first-order chi connectivity index (χ1) is 9.76. The van der Waals surface area contributed by atoms with E-state index >= 15 is 0 Å². The third kappa shape index (κ3) is 3.77. The fourth-order valence-corrected chi connectivity index (χ4v) is 4.69. The number of nitrogens with one attached hydrogen (secondary N) is 1. The van der Waals surface area contributed by atoms with Crippen molar-refractivity contribution in [2.45, 2.75) is 38.6 Å². The Balaban J connectivity index is 2.31. The van der Waals surface area contributed by atoms with Gasteiger partial charge in [-0.15, -0.1) is 0 Å². The lowest BCUT2D eigenvalue weighted by atomic mass is 9.93. The molecule has 1 aliphatic rings. The summed E-state index contributed by atoms with van der Waals surface area (Å²) in [6.45, 7) is 8.77. The van der Waals surface area contributed by atoms with Gasteiger partial charge in [0.15, 0.2) is 0 Å². The van der Waals surface area contributed by atoms with Gasteiger partial charge in [-0.05, 0) is 36.1 Å². The quantitative estimate of drug-likeness (QED) is 0.903. The summed E-state index contributed by atoms with van der Waals surface area (Å²) in [5.74, 6) is 0. The van der Waals surface area contributed by atoms with Crippen LogP contribution in [0, 0.1) is 5.41 Å². The molecule has 0 atom stereocenters. The Hall–Kier alpha value is -0.620. The lowest BCUT2D eigenvalue weighted by Crippen LogP contribution is -2.30. The van der Waals surface area contributed by atoms with E-state index in [4.69, 9.17) is 11.6 Å². The second-order valence-corrected chi connectivity index (χ2v) is 8.61. The van der Waals surface area contributed by atoms with Gasteiger partial charge < -0.3 is 5.32 Å². The number of hydrogen-bond acceptors (Lipinski definition) is 3. The molecule has 1 aromatic carbocycles. The second kappa shape index (κ2) is 6.24. The Labute approximate surface area is 132 Å². The highest BCUT2D eigenvalue weighted by atomic mass is 35.5. The molecule has 1 fully saturated rings. The lowest BCUT2D eigenvalue weighted by molar-refractivity contribution is 0.375. The van der Waals surface area contributed by atoms with Crippen LogP contribution in [-0.4, -0.2) is 32.4 Å². The monoisotopic (exact) mass is 330 g/mol. The maximum Gasteiger partial charge on any atom is 0.244 e. The third-order valence-electron chi connectivity index (χ3n) is 3.83. The normalized spacial score (nSPS) is 19.0. The van der Waals surface area contributed by atoms with Crippen molar-refractivity contribution in [1.29, 1.82) is 0 Å². The minimum Gasteiger partial charge on any atom is -0.313 e. The Morgan fingerprint density at radius 2 is 2.10 bits per heavy atom. The lowest BCUT2D eigenvalue weighted by Gasteiger charge is -2.20. The molecule has 0 radical (unpaired) electrons. The highest BCUT2D eigenvalue weighted by Crippen LogP contribution is 2.34. The van der Waals surface area contributed by atoms with Crippen LogP contribution in [0.3, 0.4) is 0 Å². The number of nitrogens with zero attached hydrogens (tertiary/aromatic N) is 1. The van der Waals surface area contributed by atoms with Gasteiger partial charge in [0.2, 0.25) is 10.0 Å². The van der Waals surface area contributed by atoms with Gasteiger partial charge in [-0.2, -0.15) is 4.31 Å². The van der Waals surface area contributed by atoms with Crippen molar-refractivity contribution in [1.82, 2.24) is 9.62 Å². The van der Waals surface area contributed by atoms with Crippen molar-refractivity contribution >= 4 is 21.6 Å². The number of rotatable bonds is 5. The van der Waals surface area contributed by atoms with Gasteiger partial charge in [0.1, 0.15) is 4.90 Å². The second-order valence-electron chi connectivity index (χ2n) is 6.30. The molecule has 1 heterocycles. The average molecular weight is 331 g/mol. The van der Waals surface area contributed by atoms with E-state index < -0.39 is 10.0 Å². The molecule has 0 spiro atoms. The molecule has 21 heavy (non-hydrogen) atoms. The molecular formula is C15H23ClN2O2S. The molecule has 2 rings (SSSR count). The summed E-state index contributed by atoms with van der Waals surface area (Å²) in [7, 11) is -3.51. The topological polar surface area (TPSA) is 49.4 Å². The van der Waals surface area contributed by atoms with E-state index in [2.05, 4.69) is 19.2 Å². The highest BCUT2D eigenvalue weighted by Gasteiger charge is 2.37. The largest absolute Gasteiger partial charge is 0.313 e. The van der Waals surface area contributed by atoms with Crippen LogP contribution in [0.2, 0.25) is 5.02 Å². The summed E-state index contributed by atoms with van der Waals surface area (Å²) < 4.78 is 27.1. The van der Waals surface area contributed by atoms with Crippen molar-refractivity contribution in [3.05, 3.63) is 28.8 Å². The fraction of sp³-hybridized carbons (Fsp3) is 0.600. The van der Waals surface area contributed by atoms with Crippen molar-refractivity contribution < 1.29 is 8.42 Å². The first kappa shape index (κ1) is 16.7. The smallest absolute Gasteiger partial charge is 0.244 e. The first-order valence-electron chi connectivity index (χ1n) is 7.25. The maximum atomic E-state index is 12.8. The zero-order valence-corrected chi connectivity index (χ0v) is 14.4. The maximum absolute atomic E-state index is 12.8. The third-order valence-corrected chi connectivity index (χ3v) is 6.16. The van der Waals surface area contributed by atoms with Crippen LogP contribution in [-0.2, 0) is 16.6 Å². The number of sulfonamides is 1. The average Bonchev–Trinajstić information content (AvgIpc) is 2.78. The Bertz CT molecular complexity index is 614. The van der Waals surface area contributed by atoms with Crippen molar-refractivity contribution in [3.8, 4) is 0 Å². The molecule has 4 nitrogen and oxygen atoms in total. The van der Waals surface area contributed by atoms with Gasteiger partial charge in [-0.25, -0.2) is 8.42 Å². The molecule has 1 aliphatic heterocycles. The predicted molar refractivity (Wildman–Crippen MR) is 86.0 cm³/mol. The van der Waals surface area contributed by atoms with Crippen molar-refractivity contribution in [2.75, 3.05) is 19.6 Å². The molecule has 1 saturated heterocycles. The fourth-order valence-electron chi connectivity index (χ4n) is 2.53. The molecule has 0 saturated carbocycles. The SMILES string of the molecule is CCNCc1ccc(Cl)c(S(=O)(=O)N2CCC(C)(C)C2)c1. The van der Waals surface area contributed by atoms with Crippen LogP contribution in [0.1, 0.15) is 32.8 Å². The predicted octanol–water partition coefficient (Wildman–Crippen LogP) is 2.87. The summed E-state index contributed by atoms with van der Waals surface area (Å²) in [5.41, 5.74) is 0.958. The zero-order chi connectivity index (χ0) is 15.7. The van der Waals surface area contributed by atoms with Crippen molar-refractivity contribution in [3.63, 3.8) is 0 Å². The minimum absolute atomic E-state index is 0.0287. The molecule has 0 aliphatic carbocycles. The van der Waals surface area contributed by atoms with E-state index in [9.17, 15) is 8.42 Å². The molecule has 1 aromatic rings. The van der Waals surface area contributed by atoms with Gasteiger partial charge in [0.25, 0.3) is 0 Å². The molecule has 6 heteroatoms. The first-order valence-corrected chi connectivity index (χ1v) is 9.07. The van der Waals surface area contributed by atoms with Gasteiger partial charge in [0.05, 0.1) is 5.02 Å². The molecule has 0 aromatic heterocycles. The van der Waals surface area contributed by atoms with Crippen molar-refractivity contribution in [2.24, 2.45) is 5.41 Å². The van der Waals surface area contributed by atoms with Crippen LogP contribution in [0.4, 0.5) is 0 Å². The highest BCUT2D eigenvalue weighted by molar-refractivity contribution is 7.89. The zero-order valence-electron chi connectivity index (χ0n) is 12.8. The number of halogens is 1. The number of benzene rings is 1. The minimum atomic E-state index is -3.51. The van der Waals surface area contributed by atoms with E-state index in [1.165, 1.54) is 0 Å². The van der Waals surface area contributed by atoms with E-state index in [1.807, 2.05) is 13.0 Å². The van der Waals surface area contributed by atoms with E-state index in [0.717, 1.165) is 18.5 Å². The molecule has 118 valence electrons. The standard InChI is InChI=1S/C15H23ClN2O2S/c1-4-17-10-12-5-6-13(16)14(9-12)21(19,20)18-8-7-15(2,3)11-18/h5-6,9,17H,4,7-8,10-11H2,1-3H3. The summed E-state index contributed by atoms with van der Waals surface area (Å²) in [6, 6.07) is 5.21. The molecule has 0 unspecified atom stereocenters. The van der Waals surface area contributed by atoms with Gasteiger partial charge in [0, 0.05) is 19.6 Å². The molecular weight excluding hydrogens is 308 g/mol. The molecule has 1 N–H and O–H groups in total. The summed E-state index contributed by atoms with van der Waals surface area (Å²) in [4.78, 5) is 0.220. The Morgan fingerprint density at radius 1 is 1.38 bits per heavy atom. The Morgan fingerprint density at radius 3 is 2.67 bits per heavy atom. The number of hydrogen-bond donors (Lipinski definition) is 1. The van der Waals surface area contributed by atoms with E-state index in [0.29, 0.717) is 24.7 Å². The Kier molecular flexibility index (Phi) is 4.98. The van der Waals surface area contributed by atoms with E-state index in [1.54, 1.807) is 16.4 Å². The van der Waals surface area contributed by atoms with Gasteiger partial charge in [-0.3, -0.25) is 0 Å². The van der Waals surface area contributed by atoms with Crippen LogP contribution < -0.4 is 5.32 Å². The van der Waals surface area contributed by atoms with E-state index in [-0.39, 0.29) is 10.3 Å². The summed E-state index contributed by atoms with van der Waals surface area (Å²) in [5, 5.41) is 3.49. The van der Waals surface area contributed by atoms with Crippen LogP contribution in [0.25, 0.3) is 0 Å². The van der Waals surface area contributed by atoms with Gasteiger partial charge >= 0.3 is 0 Å². The van der Waals surface area contributed by atoms with Crippen LogP contribution in [0.15, 0.2) is 23.1 Å². The molecule has 0 bridgehead atoms.